The Morgan fingerprint density at radius 1 is 1.24 bits per heavy atom. The number of nitrogens with zero attached hydrogens (tertiary/aromatic N) is 1. The van der Waals surface area contributed by atoms with Gasteiger partial charge in [-0.1, -0.05) is 13.8 Å². The largest absolute Gasteiger partial charge is 0.308 e. The van der Waals surface area contributed by atoms with E-state index in [2.05, 4.69) is 56.6 Å². The van der Waals surface area contributed by atoms with Crippen LogP contribution in [-0.2, 0) is 0 Å². The molecule has 0 radical (unpaired) electrons. The zero-order valence-electron chi connectivity index (χ0n) is 12.3. The van der Waals surface area contributed by atoms with Gasteiger partial charge in [-0.2, -0.15) is 11.8 Å². The molecule has 17 heavy (non-hydrogen) atoms. The highest BCUT2D eigenvalue weighted by Gasteiger charge is 2.38. The van der Waals surface area contributed by atoms with Gasteiger partial charge in [-0.25, -0.2) is 0 Å². The molecule has 3 heteroatoms. The molecule has 0 spiro atoms. The Morgan fingerprint density at radius 2 is 1.94 bits per heavy atom. The smallest absolute Gasteiger partial charge is 0.0278 e. The molecule has 0 aromatic carbocycles. The second kappa shape index (κ2) is 6.44. The standard InChI is InChI=1S/C14H30N2S/c1-6-14(5)12-16(9-8-10-17-7-2)13(3,4)11-15-14/h15H,6-12H2,1-5H3. The first kappa shape index (κ1) is 15.3. The molecule has 1 saturated heterocycles. The van der Waals surface area contributed by atoms with Crippen LogP contribution in [0.2, 0.25) is 0 Å². The van der Waals surface area contributed by atoms with E-state index in [1.54, 1.807) is 0 Å². The van der Waals surface area contributed by atoms with E-state index in [-0.39, 0.29) is 0 Å². The fourth-order valence-corrected chi connectivity index (χ4v) is 2.97. The summed E-state index contributed by atoms with van der Waals surface area (Å²) < 4.78 is 0. The van der Waals surface area contributed by atoms with E-state index in [9.17, 15) is 0 Å². The van der Waals surface area contributed by atoms with Gasteiger partial charge in [0.25, 0.3) is 0 Å². The molecule has 0 aromatic rings. The van der Waals surface area contributed by atoms with Gasteiger partial charge < -0.3 is 5.32 Å². The third kappa shape index (κ3) is 4.46. The average Bonchev–Trinajstić information content (AvgIpc) is 2.30. The molecule has 102 valence electrons. The minimum atomic E-state index is 0.311. The van der Waals surface area contributed by atoms with Crippen molar-refractivity contribution in [2.75, 3.05) is 31.1 Å². The highest BCUT2D eigenvalue weighted by atomic mass is 32.2. The first-order valence-corrected chi connectivity index (χ1v) is 8.17. The van der Waals surface area contributed by atoms with Crippen molar-refractivity contribution in [3.8, 4) is 0 Å². The van der Waals surface area contributed by atoms with E-state index >= 15 is 0 Å². The molecule has 0 aliphatic carbocycles. The van der Waals surface area contributed by atoms with Gasteiger partial charge in [-0.15, -0.1) is 0 Å². The van der Waals surface area contributed by atoms with E-state index < -0.39 is 0 Å². The molecule has 1 atom stereocenters. The molecule has 1 heterocycles. The minimum Gasteiger partial charge on any atom is -0.308 e. The zero-order chi connectivity index (χ0) is 12.9. The van der Waals surface area contributed by atoms with Crippen LogP contribution in [0.1, 0.15) is 47.5 Å². The number of hydrogen-bond acceptors (Lipinski definition) is 3. The molecule has 2 nitrogen and oxygen atoms in total. The summed E-state index contributed by atoms with van der Waals surface area (Å²) >= 11 is 2.06. The van der Waals surface area contributed by atoms with Crippen molar-refractivity contribution in [1.82, 2.24) is 10.2 Å². The van der Waals surface area contributed by atoms with Gasteiger partial charge in [0.15, 0.2) is 0 Å². The Morgan fingerprint density at radius 3 is 2.53 bits per heavy atom. The fraction of sp³-hybridized carbons (Fsp3) is 1.00. The summed E-state index contributed by atoms with van der Waals surface area (Å²) in [7, 11) is 0. The summed E-state index contributed by atoms with van der Waals surface area (Å²) in [5, 5.41) is 3.72. The number of hydrogen-bond donors (Lipinski definition) is 1. The topological polar surface area (TPSA) is 15.3 Å². The normalized spacial score (nSPS) is 29.5. The van der Waals surface area contributed by atoms with E-state index in [4.69, 9.17) is 0 Å². The Balaban J connectivity index is 2.47. The lowest BCUT2D eigenvalue weighted by molar-refractivity contribution is 0.0317. The molecule has 1 unspecified atom stereocenters. The lowest BCUT2D eigenvalue weighted by Crippen LogP contribution is -2.67. The van der Waals surface area contributed by atoms with Gasteiger partial charge in [0.05, 0.1) is 0 Å². The maximum atomic E-state index is 3.72. The van der Waals surface area contributed by atoms with Crippen LogP contribution in [0.25, 0.3) is 0 Å². The molecule has 0 saturated carbocycles. The molecule has 0 aromatic heterocycles. The number of rotatable bonds is 6. The van der Waals surface area contributed by atoms with Gasteiger partial charge in [-0.05, 0) is 51.7 Å². The van der Waals surface area contributed by atoms with Crippen molar-refractivity contribution in [3.63, 3.8) is 0 Å². The third-order valence-corrected chi connectivity index (χ3v) is 5.03. The molecular formula is C14H30N2S. The predicted molar refractivity (Wildman–Crippen MR) is 80.0 cm³/mol. The highest BCUT2D eigenvalue weighted by molar-refractivity contribution is 7.99. The van der Waals surface area contributed by atoms with Crippen molar-refractivity contribution >= 4 is 11.8 Å². The summed E-state index contributed by atoms with van der Waals surface area (Å²) in [5.74, 6) is 2.55. The second-order valence-electron chi connectivity index (χ2n) is 6.05. The first-order chi connectivity index (χ1) is 7.93. The summed E-state index contributed by atoms with van der Waals surface area (Å²) in [4.78, 5) is 2.68. The van der Waals surface area contributed by atoms with Gasteiger partial charge in [0.2, 0.25) is 0 Å². The number of nitrogens with one attached hydrogen (secondary N) is 1. The minimum absolute atomic E-state index is 0.311. The Labute approximate surface area is 112 Å². The zero-order valence-corrected chi connectivity index (χ0v) is 13.1. The molecule has 1 rings (SSSR count). The van der Waals surface area contributed by atoms with E-state index in [1.165, 1.54) is 37.4 Å². The molecule has 0 amide bonds. The van der Waals surface area contributed by atoms with Crippen LogP contribution in [0.3, 0.4) is 0 Å². The van der Waals surface area contributed by atoms with Crippen molar-refractivity contribution in [2.24, 2.45) is 0 Å². The molecule has 1 aliphatic rings. The Kier molecular flexibility index (Phi) is 5.81. The number of thioether (sulfide) groups is 1. The van der Waals surface area contributed by atoms with Crippen molar-refractivity contribution < 1.29 is 0 Å². The van der Waals surface area contributed by atoms with Crippen LogP contribution in [0.5, 0.6) is 0 Å². The molecule has 0 bridgehead atoms. The highest BCUT2D eigenvalue weighted by Crippen LogP contribution is 2.25. The van der Waals surface area contributed by atoms with Crippen LogP contribution in [0, 0.1) is 0 Å². The van der Waals surface area contributed by atoms with Crippen LogP contribution in [0.4, 0.5) is 0 Å². The molecular weight excluding hydrogens is 228 g/mol. The van der Waals surface area contributed by atoms with Gasteiger partial charge >= 0.3 is 0 Å². The maximum absolute atomic E-state index is 3.72. The monoisotopic (exact) mass is 258 g/mol. The Bertz CT molecular complexity index is 230. The Hall–Kier alpha value is 0.270. The molecule has 1 fully saturated rings. The predicted octanol–water partition coefficient (Wildman–Crippen LogP) is 2.98. The van der Waals surface area contributed by atoms with Gasteiger partial charge in [0, 0.05) is 24.2 Å². The van der Waals surface area contributed by atoms with E-state index in [0.29, 0.717) is 11.1 Å². The lowest BCUT2D eigenvalue weighted by atomic mass is 9.88. The third-order valence-electron chi connectivity index (χ3n) is 4.04. The van der Waals surface area contributed by atoms with E-state index in [1.807, 2.05) is 0 Å². The second-order valence-corrected chi connectivity index (χ2v) is 7.45. The van der Waals surface area contributed by atoms with Crippen LogP contribution in [-0.4, -0.2) is 47.1 Å². The van der Waals surface area contributed by atoms with Crippen LogP contribution in [0.15, 0.2) is 0 Å². The van der Waals surface area contributed by atoms with Gasteiger partial charge in [-0.3, -0.25) is 4.90 Å². The van der Waals surface area contributed by atoms with Gasteiger partial charge in [0.1, 0.15) is 0 Å². The van der Waals surface area contributed by atoms with Crippen LogP contribution < -0.4 is 5.32 Å². The van der Waals surface area contributed by atoms with Crippen molar-refractivity contribution in [3.05, 3.63) is 0 Å². The van der Waals surface area contributed by atoms with Crippen molar-refractivity contribution in [2.45, 2.75) is 58.5 Å². The molecule has 1 aliphatic heterocycles. The summed E-state index contributed by atoms with van der Waals surface area (Å²) in [5.41, 5.74) is 0.624. The summed E-state index contributed by atoms with van der Waals surface area (Å²) in [6.07, 6.45) is 2.53. The maximum Gasteiger partial charge on any atom is 0.0278 e. The first-order valence-electron chi connectivity index (χ1n) is 7.01. The molecule has 1 N–H and O–H groups in total. The summed E-state index contributed by atoms with van der Waals surface area (Å²) in [6, 6.07) is 0. The fourth-order valence-electron chi connectivity index (χ4n) is 2.35. The lowest BCUT2D eigenvalue weighted by Gasteiger charge is -2.51. The van der Waals surface area contributed by atoms with Crippen molar-refractivity contribution in [1.29, 1.82) is 0 Å². The average molecular weight is 258 g/mol. The number of piperazine rings is 1. The van der Waals surface area contributed by atoms with Crippen LogP contribution >= 0.6 is 11.8 Å². The summed E-state index contributed by atoms with van der Waals surface area (Å²) in [6.45, 7) is 15.2. The van der Waals surface area contributed by atoms with E-state index in [0.717, 1.165) is 6.54 Å². The quantitative estimate of drug-likeness (QED) is 0.737. The SMILES string of the molecule is CCSCCCN1CC(C)(CC)NCC1(C)C.